The normalized spacial score (nSPS) is 29.2. The fourth-order valence-electron chi connectivity index (χ4n) is 1.50. The van der Waals surface area contributed by atoms with Gasteiger partial charge in [0.25, 0.3) is 0 Å². The van der Waals surface area contributed by atoms with E-state index in [0.717, 1.165) is 19.5 Å². The molecule has 0 saturated carbocycles. The molecule has 0 bridgehead atoms. The lowest BCUT2D eigenvalue weighted by Gasteiger charge is -2.16. The summed E-state index contributed by atoms with van der Waals surface area (Å²) in [7, 11) is 2.64. The van der Waals surface area contributed by atoms with Gasteiger partial charge in [-0.25, -0.2) is 0 Å². The molecular formula is C7H16NO2P. The fourth-order valence-corrected chi connectivity index (χ4v) is 1.92. The van der Waals surface area contributed by atoms with Gasteiger partial charge in [0, 0.05) is 19.7 Å². The van der Waals surface area contributed by atoms with Gasteiger partial charge in [-0.05, 0) is 18.8 Å². The average molecular weight is 177 g/mol. The van der Waals surface area contributed by atoms with Crippen molar-refractivity contribution in [2.24, 2.45) is 5.92 Å². The second kappa shape index (κ2) is 4.36. The van der Waals surface area contributed by atoms with Gasteiger partial charge in [0.1, 0.15) is 0 Å². The Balaban J connectivity index is 2.25. The minimum absolute atomic E-state index is 0.0918. The standard InChI is InChI=1S/C7H16NO2P/c9-4-2-7(10)6-1-3-8(11)5-6/h6-7,9-10H,1-5,11H2/t6-,7-/m0/s1. The molecule has 1 unspecified atom stereocenters. The number of aliphatic hydroxyl groups excluding tert-OH is 2. The summed E-state index contributed by atoms with van der Waals surface area (Å²) < 4.78 is 2.13. The number of rotatable bonds is 3. The highest BCUT2D eigenvalue weighted by Crippen LogP contribution is 2.23. The number of aliphatic hydroxyl groups is 2. The second-order valence-corrected chi connectivity index (χ2v) is 3.85. The van der Waals surface area contributed by atoms with Gasteiger partial charge >= 0.3 is 0 Å². The van der Waals surface area contributed by atoms with Crippen molar-refractivity contribution in [3.63, 3.8) is 0 Å². The van der Waals surface area contributed by atoms with E-state index in [4.69, 9.17) is 5.11 Å². The zero-order chi connectivity index (χ0) is 8.27. The van der Waals surface area contributed by atoms with E-state index in [1.165, 1.54) is 0 Å². The molecule has 0 spiro atoms. The number of nitrogens with zero attached hydrogens (tertiary/aromatic N) is 1. The highest BCUT2D eigenvalue weighted by molar-refractivity contribution is 7.13. The molecule has 1 rings (SSSR count). The Morgan fingerprint density at radius 3 is 2.82 bits per heavy atom. The molecule has 1 aliphatic heterocycles. The molecule has 3 atom stereocenters. The van der Waals surface area contributed by atoms with Gasteiger partial charge in [0.15, 0.2) is 0 Å². The molecule has 1 heterocycles. The Kier molecular flexibility index (Phi) is 3.73. The van der Waals surface area contributed by atoms with Crippen LogP contribution in [0.1, 0.15) is 12.8 Å². The maximum atomic E-state index is 9.47. The monoisotopic (exact) mass is 177 g/mol. The van der Waals surface area contributed by atoms with E-state index in [1.54, 1.807) is 0 Å². The summed E-state index contributed by atoms with van der Waals surface area (Å²) in [5, 5.41) is 18.1. The van der Waals surface area contributed by atoms with E-state index in [1.807, 2.05) is 0 Å². The molecule has 0 aliphatic carbocycles. The van der Waals surface area contributed by atoms with Crippen LogP contribution in [0.15, 0.2) is 0 Å². The van der Waals surface area contributed by atoms with Crippen LogP contribution in [0.3, 0.4) is 0 Å². The smallest absolute Gasteiger partial charge is 0.0603 e. The quantitative estimate of drug-likeness (QED) is 0.589. The highest BCUT2D eigenvalue weighted by atomic mass is 31.0. The van der Waals surface area contributed by atoms with E-state index in [2.05, 4.69) is 14.1 Å². The predicted molar refractivity (Wildman–Crippen MR) is 47.1 cm³/mol. The van der Waals surface area contributed by atoms with Crippen LogP contribution in [0.4, 0.5) is 0 Å². The van der Waals surface area contributed by atoms with Gasteiger partial charge in [0.2, 0.25) is 0 Å². The molecule has 3 nitrogen and oxygen atoms in total. The Labute approximate surface area is 69.7 Å². The van der Waals surface area contributed by atoms with Crippen LogP contribution in [0.2, 0.25) is 0 Å². The fraction of sp³-hybridized carbons (Fsp3) is 1.00. The summed E-state index contributed by atoms with van der Waals surface area (Å²) in [6.45, 7) is 2.07. The SMILES string of the molecule is OCC[C@H](O)[C@H]1CCN(P)C1. The molecule has 0 aromatic carbocycles. The van der Waals surface area contributed by atoms with Crippen LogP contribution in [0, 0.1) is 5.92 Å². The first-order valence-electron chi connectivity index (χ1n) is 4.02. The molecule has 4 heteroatoms. The van der Waals surface area contributed by atoms with Crippen LogP contribution in [-0.4, -0.2) is 40.7 Å². The molecule has 0 amide bonds. The zero-order valence-corrected chi connectivity index (χ0v) is 7.76. The van der Waals surface area contributed by atoms with Crippen LogP contribution in [-0.2, 0) is 0 Å². The molecule has 0 aromatic heterocycles. The van der Waals surface area contributed by atoms with E-state index in [0.29, 0.717) is 12.3 Å². The van der Waals surface area contributed by atoms with Crippen molar-refractivity contribution in [1.29, 1.82) is 0 Å². The molecular weight excluding hydrogens is 161 g/mol. The lowest BCUT2D eigenvalue weighted by Crippen LogP contribution is -2.23. The molecule has 2 N–H and O–H groups in total. The third-order valence-electron chi connectivity index (χ3n) is 2.23. The van der Waals surface area contributed by atoms with Gasteiger partial charge in [-0.2, -0.15) is 0 Å². The number of hydrogen-bond donors (Lipinski definition) is 2. The third kappa shape index (κ3) is 2.68. The third-order valence-corrected chi connectivity index (χ3v) is 2.69. The van der Waals surface area contributed by atoms with Crippen molar-refractivity contribution >= 4 is 9.39 Å². The summed E-state index contributed by atoms with van der Waals surface area (Å²) >= 11 is 0. The van der Waals surface area contributed by atoms with Gasteiger partial charge in [-0.3, -0.25) is 4.67 Å². The molecule has 0 radical (unpaired) electrons. The van der Waals surface area contributed by atoms with E-state index >= 15 is 0 Å². The number of hydrogen-bond acceptors (Lipinski definition) is 3. The molecule has 66 valence electrons. The van der Waals surface area contributed by atoms with E-state index in [9.17, 15) is 5.11 Å². The van der Waals surface area contributed by atoms with Crippen LogP contribution in [0.5, 0.6) is 0 Å². The maximum Gasteiger partial charge on any atom is 0.0603 e. The minimum atomic E-state index is -0.314. The van der Waals surface area contributed by atoms with Crippen molar-refractivity contribution in [3.05, 3.63) is 0 Å². The molecule has 0 aromatic rings. The van der Waals surface area contributed by atoms with Gasteiger partial charge in [-0.15, -0.1) is 0 Å². The van der Waals surface area contributed by atoms with Crippen molar-refractivity contribution in [3.8, 4) is 0 Å². The van der Waals surface area contributed by atoms with Crippen molar-refractivity contribution in [2.75, 3.05) is 19.7 Å². The Hall–Kier alpha value is 0.310. The summed E-state index contributed by atoms with van der Waals surface area (Å²) in [5.74, 6) is 0.361. The van der Waals surface area contributed by atoms with Crippen LogP contribution < -0.4 is 0 Å². The van der Waals surface area contributed by atoms with Crippen LogP contribution >= 0.6 is 9.39 Å². The van der Waals surface area contributed by atoms with Crippen LogP contribution in [0.25, 0.3) is 0 Å². The molecule has 1 fully saturated rings. The van der Waals surface area contributed by atoms with Crippen molar-refractivity contribution in [1.82, 2.24) is 4.67 Å². The molecule has 11 heavy (non-hydrogen) atoms. The molecule has 1 saturated heterocycles. The Morgan fingerprint density at radius 1 is 1.64 bits per heavy atom. The lowest BCUT2D eigenvalue weighted by atomic mass is 10.00. The summed E-state index contributed by atoms with van der Waals surface area (Å²) in [6, 6.07) is 0. The highest BCUT2D eigenvalue weighted by Gasteiger charge is 2.25. The summed E-state index contributed by atoms with van der Waals surface area (Å²) in [6.07, 6.45) is 1.25. The zero-order valence-electron chi connectivity index (χ0n) is 6.61. The maximum absolute atomic E-state index is 9.47. The minimum Gasteiger partial charge on any atom is -0.396 e. The van der Waals surface area contributed by atoms with Gasteiger partial charge in [0.05, 0.1) is 6.10 Å². The van der Waals surface area contributed by atoms with E-state index < -0.39 is 0 Å². The largest absolute Gasteiger partial charge is 0.396 e. The van der Waals surface area contributed by atoms with E-state index in [-0.39, 0.29) is 12.7 Å². The first-order valence-corrected chi connectivity index (χ1v) is 4.54. The summed E-state index contributed by atoms with van der Waals surface area (Å²) in [4.78, 5) is 0. The van der Waals surface area contributed by atoms with Gasteiger partial charge < -0.3 is 10.2 Å². The first kappa shape index (κ1) is 9.40. The predicted octanol–water partition coefficient (Wildman–Crippen LogP) is -0.158. The van der Waals surface area contributed by atoms with Crippen molar-refractivity contribution < 1.29 is 10.2 Å². The topological polar surface area (TPSA) is 43.7 Å². The van der Waals surface area contributed by atoms with Crippen molar-refractivity contribution in [2.45, 2.75) is 18.9 Å². The lowest BCUT2D eigenvalue weighted by molar-refractivity contribution is 0.0846. The average Bonchev–Trinajstić information content (AvgIpc) is 2.36. The second-order valence-electron chi connectivity index (χ2n) is 3.12. The Bertz CT molecular complexity index is 123. The van der Waals surface area contributed by atoms with Gasteiger partial charge in [-0.1, -0.05) is 9.39 Å². The Morgan fingerprint density at radius 2 is 2.36 bits per heavy atom. The first-order chi connectivity index (χ1) is 5.24. The molecule has 1 aliphatic rings. The summed E-state index contributed by atoms with van der Waals surface area (Å²) in [5.41, 5.74) is 0.